The van der Waals surface area contributed by atoms with Gasteiger partial charge in [-0.05, 0) is 62.8 Å². The Morgan fingerprint density at radius 3 is 2.13 bits per heavy atom. The van der Waals surface area contributed by atoms with E-state index in [1.165, 1.54) is 11.3 Å². The molecule has 0 saturated heterocycles. The maximum Gasteiger partial charge on any atom is 0.231 e. The number of carbonyl (C=O) groups is 2. The van der Waals surface area contributed by atoms with Gasteiger partial charge < -0.3 is 10.6 Å². The van der Waals surface area contributed by atoms with Gasteiger partial charge in [0.15, 0.2) is 11.6 Å². The summed E-state index contributed by atoms with van der Waals surface area (Å²) in [7, 11) is 0. The molecule has 1 fully saturated rings. The van der Waals surface area contributed by atoms with Gasteiger partial charge in [0.25, 0.3) is 0 Å². The Labute approximate surface area is 225 Å². The van der Waals surface area contributed by atoms with Crippen molar-refractivity contribution in [2.24, 2.45) is 4.99 Å². The van der Waals surface area contributed by atoms with Crippen LogP contribution in [0.5, 0.6) is 0 Å². The lowest BCUT2D eigenvalue weighted by Gasteiger charge is -2.28. The second-order valence-electron chi connectivity index (χ2n) is 9.62. The van der Waals surface area contributed by atoms with Crippen LogP contribution in [0, 0.1) is 0 Å². The standard InChI is InChI=1S/C27H30N8O2S/c36-26(14-20-7-2-1-3-12-28-20)30-24-10-8-22(32-34-24)18-5-4-6-19(13-18)23-9-11-25(35-33-23)31-27(37)15-21-16-38-17-29-21/h7-12,16-19H,1-6,13-15H2,(H,30,34,36)(H,31,35,37). The summed E-state index contributed by atoms with van der Waals surface area (Å²) in [6.07, 6.45) is 11.3. The third kappa shape index (κ3) is 7.12. The lowest BCUT2D eigenvalue weighted by Crippen LogP contribution is -2.18. The molecular weight excluding hydrogens is 500 g/mol. The molecule has 196 valence electrons. The number of aliphatic imine (C=N–C) groups is 1. The summed E-state index contributed by atoms with van der Waals surface area (Å²) in [6, 6.07) is 7.51. The zero-order valence-electron chi connectivity index (χ0n) is 21.0. The normalized spacial score (nSPS) is 19.3. The number of anilines is 2. The van der Waals surface area contributed by atoms with Crippen molar-refractivity contribution in [1.29, 1.82) is 0 Å². The van der Waals surface area contributed by atoms with E-state index in [1.807, 2.05) is 35.9 Å². The van der Waals surface area contributed by atoms with Crippen molar-refractivity contribution in [2.45, 2.75) is 69.6 Å². The summed E-state index contributed by atoms with van der Waals surface area (Å²) in [5, 5.41) is 24.8. The summed E-state index contributed by atoms with van der Waals surface area (Å²) < 4.78 is 0. The van der Waals surface area contributed by atoms with Crippen LogP contribution in [0.25, 0.3) is 0 Å². The van der Waals surface area contributed by atoms with Crippen LogP contribution < -0.4 is 10.6 Å². The van der Waals surface area contributed by atoms with Crippen LogP contribution in [0.1, 0.15) is 80.3 Å². The van der Waals surface area contributed by atoms with Crippen LogP contribution in [-0.4, -0.2) is 43.4 Å². The van der Waals surface area contributed by atoms with Crippen molar-refractivity contribution in [3.63, 3.8) is 0 Å². The number of amides is 2. The number of rotatable bonds is 8. The van der Waals surface area contributed by atoms with Gasteiger partial charge in [0.2, 0.25) is 11.8 Å². The first-order chi connectivity index (χ1) is 18.6. The minimum Gasteiger partial charge on any atom is -0.309 e. The molecular formula is C27H30N8O2S. The molecule has 1 saturated carbocycles. The van der Waals surface area contributed by atoms with Crippen LogP contribution in [0.2, 0.25) is 0 Å². The third-order valence-electron chi connectivity index (χ3n) is 6.76. The van der Waals surface area contributed by atoms with Crippen molar-refractivity contribution in [2.75, 3.05) is 10.6 Å². The first kappa shape index (κ1) is 25.8. The molecule has 0 aromatic carbocycles. The molecule has 0 radical (unpaired) electrons. The molecule has 38 heavy (non-hydrogen) atoms. The zero-order chi connectivity index (χ0) is 26.2. The van der Waals surface area contributed by atoms with Gasteiger partial charge in [-0.3, -0.25) is 14.6 Å². The highest BCUT2D eigenvalue weighted by Crippen LogP contribution is 2.40. The summed E-state index contributed by atoms with van der Waals surface area (Å²) in [5.41, 5.74) is 5.08. The van der Waals surface area contributed by atoms with Crippen molar-refractivity contribution in [3.05, 3.63) is 64.0 Å². The van der Waals surface area contributed by atoms with Gasteiger partial charge >= 0.3 is 0 Å². The highest BCUT2D eigenvalue weighted by atomic mass is 32.1. The molecule has 1 aliphatic carbocycles. The van der Waals surface area contributed by atoms with E-state index in [1.54, 1.807) is 11.6 Å². The number of nitrogens with zero attached hydrogens (tertiary/aromatic N) is 6. The number of thiazole rings is 1. The Hall–Kier alpha value is -3.86. The molecule has 3 aromatic rings. The fourth-order valence-electron chi connectivity index (χ4n) is 4.84. The minimum absolute atomic E-state index is 0.142. The Balaban J connectivity index is 1.13. The number of hydrogen-bond acceptors (Lipinski definition) is 9. The second-order valence-corrected chi connectivity index (χ2v) is 10.3. The molecule has 0 spiro atoms. The Morgan fingerprint density at radius 2 is 1.53 bits per heavy atom. The Morgan fingerprint density at radius 1 is 0.842 bits per heavy atom. The van der Waals surface area contributed by atoms with Crippen LogP contribution in [0.3, 0.4) is 0 Å². The molecule has 2 N–H and O–H groups in total. The molecule has 2 amide bonds. The summed E-state index contributed by atoms with van der Waals surface area (Å²) in [6.45, 7) is 0. The van der Waals surface area contributed by atoms with Crippen molar-refractivity contribution >= 4 is 41.0 Å². The van der Waals surface area contributed by atoms with Crippen LogP contribution in [0.4, 0.5) is 11.6 Å². The lowest BCUT2D eigenvalue weighted by atomic mass is 9.78. The molecule has 5 rings (SSSR count). The first-order valence-electron chi connectivity index (χ1n) is 13.0. The molecule has 11 heteroatoms. The van der Waals surface area contributed by atoms with Gasteiger partial charge in [0, 0.05) is 29.1 Å². The first-order valence-corrected chi connectivity index (χ1v) is 13.9. The van der Waals surface area contributed by atoms with Crippen LogP contribution >= 0.6 is 11.3 Å². The Bertz CT molecular complexity index is 1290. The van der Waals surface area contributed by atoms with E-state index in [4.69, 9.17) is 0 Å². The van der Waals surface area contributed by atoms with E-state index in [-0.39, 0.29) is 36.5 Å². The van der Waals surface area contributed by atoms with Crippen molar-refractivity contribution in [1.82, 2.24) is 25.4 Å². The summed E-state index contributed by atoms with van der Waals surface area (Å²) in [4.78, 5) is 33.1. The minimum atomic E-state index is -0.163. The van der Waals surface area contributed by atoms with Crippen molar-refractivity contribution < 1.29 is 9.59 Å². The number of allylic oxidation sites excluding steroid dienone is 1. The number of carbonyl (C=O) groups excluding carboxylic acids is 2. The molecule has 2 unspecified atom stereocenters. The second kappa shape index (κ2) is 12.6. The van der Waals surface area contributed by atoms with E-state index in [0.717, 1.165) is 67.7 Å². The number of hydrogen-bond donors (Lipinski definition) is 2. The average Bonchev–Trinajstić information content (AvgIpc) is 3.31. The number of aromatic nitrogens is 5. The molecule has 4 heterocycles. The molecule has 10 nitrogen and oxygen atoms in total. The zero-order valence-corrected chi connectivity index (χ0v) is 21.9. The maximum atomic E-state index is 12.4. The maximum absolute atomic E-state index is 12.4. The van der Waals surface area contributed by atoms with Gasteiger partial charge in [-0.1, -0.05) is 12.5 Å². The van der Waals surface area contributed by atoms with Gasteiger partial charge in [-0.2, -0.15) is 10.2 Å². The summed E-state index contributed by atoms with van der Waals surface area (Å²) >= 11 is 1.46. The van der Waals surface area contributed by atoms with Crippen LogP contribution in [0.15, 0.2) is 51.9 Å². The van der Waals surface area contributed by atoms with E-state index in [0.29, 0.717) is 11.6 Å². The highest BCUT2D eigenvalue weighted by Gasteiger charge is 2.27. The van der Waals surface area contributed by atoms with Gasteiger partial charge in [-0.15, -0.1) is 21.5 Å². The summed E-state index contributed by atoms with van der Waals surface area (Å²) in [5.74, 6) is 1.10. The van der Waals surface area contributed by atoms with Gasteiger partial charge in [-0.25, -0.2) is 4.98 Å². The van der Waals surface area contributed by atoms with E-state index in [9.17, 15) is 9.59 Å². The van der Waals surface area contributed by atoms with E-state index >= 15 is 0 Å². The third-order valence-corrected chi connectivity index (χ3v) is 7.39. The van der Waals surface area contributed by atoms with E-state index in [2.05, 4.69) is 41.0 Å². The average molecular weight is 531 g/mol. The largest absolute Gasteiger partial charge is 0.309 e. The lowest BCUT2D eigenvalue weighted by molar-refractivity contribution is -0.116. The molecule has 0 bridgehead atoms. The monoisotopic (exact) mass is 530 g/mol. The van der Waals surface area contributed by atoms with Gasteiger partial charge in [0.05, 0.1) is 35.4 Å². The highest BCUT2D eigenvalue weighted by molar-refractivity contribution is 7.07. The number of nitrogens with one attached hydrogen (secondary N) is 2. The molecule has 2 atom stereocenters. The fourth-order valence-corrected chi connectivity index (χ4v) is 5.40. The van der Waals surface area contributed by atoms with Crippen molar-refractivity contribution in [3.8, 4) is 0 Å². The smallest absolute Gasteiger partial charge is 0.231 e. The topological polar surface area (TPSA) is 135 Å². The van der Waals surface area contributed by atoms with Crippen LogP contribution in [-0.2, 0) is 16.0 Å². The molecule has 3 aromatic heterocycles. The fraction of sp³-hybridized carbons (Fsp3) is 0.407. The molecule has 2 aliphatic rings. The Kier molecular flexibility index (Phi) is 8.54. The predicted octanol–water partition coefficient (Wildman–Crippen LogP) is 4.81. The molecule has 1 aliphatic heterocycles. The van der Waals surface area contributed by atoms with E-state index < -0.39 is 0 Å². The SMILES string of the molecule is O=C(CC1=CCCCC=N1)Nc1ccc(C2CCCC(c3ccc(NC(=O)Cc4cscn4)nn3)C2)nn1. The van der Waals surface area contributed by atoms with Gasteiger partial charge in [0.1, 0.15) is 0 Å². The quantitative estimate of drug-likeness (QED) is 0.426. The predicted molar refractivity (Wildman–Crippen MR) is 146 cm³/mol.